The Balaban J connectivity index is 2.83. The van der Waals surface area contributed by atoms with Crippen LogP contribution in [0.4, 0.5) is 0 Å². The highest BCUT2D eigenvalue weighted by Crippen LogP contribution is 2.01. The summed E-state index contributed by atoms with van der Waals surface area (Å²) in [4.78, 5) is 0. The molecule has 1 nitrogen and oxygen atoms in total. The van der Waals surface area contributed by atoms with Gasteiger partial charge in [0.2, 0.25) is 0 Å². The second-order valence-corrected chi connectivity index (χ2v) is 1.99. The van der Waals surface area contributed by atoms with Crippen LogP contribution >= 0.6 is 23.2 Å². The molecule has 0 heterocycles. The van der Waals surface area contributed by atoms with Crippen LogP contribution in [0.1, 0.15) is 6.42 Å². The lowest BCUT2D eigenvalue weighted by molar-refractivity contribution is 0.165. The summed E-state index contributed by atoms with van der Waals surface area (Å²) in [5.74, 6) is 0.558. The van der Waals surface area contributed by atoms with Crippen molar-refractivity contribution in [2.75, 3.05) is 13.0 Å². The number of rotatable bonds is 3. The molecule has 0 fully saturated rings. The predicted octanol–water partition coefficient (Wildman–Crippen LogP) is 1.83. The van der Waals surface area contributed by atoms with E-state index in [1.54, 1.807) is 7.11 Å². The summed E-state index contributed by atoms with van der Waals surface area (Å²) < 4.78 is 4.67. The fraction of sp³-hybridized carbons (Fsp3) is 1.00. The molecule has 0 spiro atoms. The Morgan fingerprint density at radius 2 is 2.29 bits per heavy atom. The molecule has 0 aliphatic rings. The minimum absolute atomic E-state index is 0.211. The molecular formula is C4H8Cl2O. The second-order valence-electron chi connectivity index (χ2n) is 1.12. The van der Waals surface area contributed by atoms with Crippen molar-refractivity contribution in [1.82, 2.24) is 0 Å². The number of hydrogen-bond acceptors (Lipinski definition) is 1. The first-order chi connectivity index (χ1) is 3.31. The van der Waals surface area contributed by atoms with Crippen LogP contribution < -0.4 is 0 Å². The van der Waals surface area contributed by atoms with E-state index in [9.17, 15) is 0 Å². The van der Waals surface area contributed by atoms with Crippen LogP contribution in [-0.2, 0) is 4.74 Å². The van der Waals surface area contributed by atoms with Crippen LogP contribution in [0.3, 0.4) is 0 Å². The lowest BCUT2D eigenvalue weighted by Gasteiger charge is -2.00. The number of halogens is 2. The number of methoxy groups -OCH3 is 1. The molecule has 0 saturated heterocycles. The minimum Gasteiger partial charge on any atom is -0.366 e. The number of alkyl halides is 2. The van der Waals surface area contributed by atoms with Crippen LogP contribution in [0.5, 0.6) is 0 Å². The van der Waals surface area contributed by atoms with E-state index in [4.69, 9.17) is 23.2 Å². The van der Waals surface area contributed by atoms with Gasteiger partial charge in [-0.25, -0.2) is 0 Å². The third-order valence-corrected chi connectivity index (χ3v) is 1.21. The van der Waals surface area contributed by atoms with Crippen LogP contribution in [0, 0.1) is 0 Å². The quantitative estimate of drug-likeness (QED) is 0.547. The molecule has 1 atom stereocenters. The summed E-state index contributed by atoms with van der Waals surface area (Å²) in [6.07, 6.45) is 0.708. The highest BCUT2D eigenvalue weighted by atomic mass is 35.5. The van der Waals surface area contributed by atoms with Crippen molar-refractivity contribution < 1.29 is 4.74 Å². The van der Waals surface area contributed by atoms with Gasteiger partial charge in [-0.3, -0.25) is 0 Å². The molecule has 0 radical (unpaired) electrons. The Labute approximate surface area is 53.6 Å². The lowest BCUT2D eigenvalue weighted by atomic mass is 10.5. The van der Waals surface area contributed by atoms with Gasteiger partial charge in [-0.05, 0) is 0 Å². The highest BCUT2D eigenvalue weighted by molar-refractivity contribution is 6.21. The fourth-order valence-corrected chi connectivity index (χ4v) is 0.623. The van der Waals surface area contributed by atoms with Gasteiger partial charge in [-0.15, -0.1) is 11.6 Å². The standard InChI is InChI=1S/C4H8Cl2O/c1-7-4(6)2-3-5/h4H,2-3H2,1H3. The molecule has 0 bridgehead atoms. The topological polar surface area (TPSA) is 9.23 Å². The van der Waals surface area contributed by atoms with Crippen LogP contribution in [0.25, 0.3) is 0 Å². The Hall–Kier alpha value is 0.540. The summed E-state index contributed by atoms with van der Waals surface area (Å²) in [6, 6.07) is 0. The molecule has 44 valence electrons. The molecule has 0 aromatic carbocycles. The van der Waals surface area contributed by atoms with Gasteiger partial charge >= 0.3 is 0 Å². The van der Waals surface area contributed by atoms with Gasteiger partial charge < -0.3 is 4.74 Å². The van der Waals surface area contributed by atoms with E-state index < -0.39 is 0 Å². The molecule has 0 aromatic heterocycles. The van der Waals surface area contributed by atoms with Gasteiger partial charge in [-0.2, -0.15) is 0 Å². The smallest absolute Gasteiger partial charge is 0.131 e. The normalized spacial score (nSPS) is 14.1. The molecule has 0 saturated carbocycles. The van der Waals surface area contributed by atoms with Gasteiger partial charge in [0.15, 0.2) is 0 Å². The van der Waals surface area contributed by atoms with Crippen molar-refractivity contribution in [3.8, 4) is 0 Å². The lowest BCUT2D eigenvalue weighted by Crippen LogP contribution is -2.00. The molecule has 0 amide bonds. The van der Waals surface area contributed by atoms with E-state index in [0.717, 1.165) is 0 Å². The third-order valence-electron chi connectivity index (χ3n) is 0.592. The Morgan fingerprint density at radius 3 is 2.43 bits per heavy atom. The maximum atomic E-state index is 5.46. The van der Waals surface area contributed by atoms with Crippen molar-refractivity contribution in [3.05, 3.63) is 0 Å². The van der Waals surface area contributed by atoms with Crippen molar-refractivity contribution in [1.29, 1.82) is 0 Å². The van der Waals surface area contributed by atoms with Crippen molar-refractivity contribution in [3.63, 3.8) is 0 Å². The molecule has 0 aliphatic heterocycles. The minimum atomic E-state index is -0.211. The van der Waals surface area contributed by atoms with Gasteiger partial charge in [0.25, 0.3) is 0 Å². The molecule has 0 N–H and O–H groups in total. The molecule has 0 aliphatic carbocycles. The average molecular weight is 143 g/mol. The largest absolute Gasteiger partial charge is 0.366 e. The first-order valence-electron chi connectivity index (χ1n) is 2.04. The zero-order chi connectivity index (χ0) is 5.70. The zero-order valence-electron chi connectivity index (χ0n) is 4.16. The summed E-state index contributed by atoms with van der Waals surface area (Å²) >= 11 is 10.8. The first-order valence-corrected chi connectivity index (χ1v) is 3.01. The highest BCUT2D eigenvalue weighted by Gasteiger charge is 1.96. The monoisotopic (exact) mass is 142 g/mol. The Kier molecular flexibility index (Phi) is 5.05. The summed E-state index contributed by atoms with van der Waals surface area (Å²) in [5.41, 5.74) is -0.211. The van der Waals surface area contributed by atoms with Crippen LogP contribution in [-0.4, -0.2) is 18.6 Å². The number of hydrogen-bond donors (Lipinski definition) is 0. The Bertz CT molecular complexity index is 40.7. The molecule has 3 heteroatoms. The maximum absolute atomic E-state index is 5.46. The van der Waals surface area contributed by atoms with E-state index in [2.05, 4.69) is 4.74 Å². The van der Waals surface area contributed by atoms with Gasteiger partial charge in [0, 0.05) is 19.4 Å². The van der Waals surface area contributed by atoms with E-state index in [1.165, 1.54) is 0 Å². The van der Waals surface area contributed by atoms with Gasteiger partial charge in [0.05, 0.1) is 0 Å². The third kappa shape index (κ3) is 4.39. The summed E-state index contributed by atoms with van der Waals surface area (Å²) in [5, 5.41) is 0. The SMILES string of the molecule is COC(Cl)CCCl. The summed E-state index contributed by atoms with van der Waals surface area (Å²) in [6.45, 7) is 0. The summed E-state index contributed by atoms with van der Waals surface area (Å²) in [7, 11) is 1.56. The van der Waals surface area contributed by atoms with Gasteiger partial charge in [-0.1, -0.05) is 11.6 Å². The first kappa shape index (κ1) is 7.54. The van der Waals surface area contributed by atoms with E-state index in [0.29, 0.717) is 12.3 Å². The molecule has 7 heavy (non-hydrogen) atoms. The predicted molar refractivity (Wildman–Crippen MR) is 32.0 cm³/mol. The molecule has 0 rings (SSSR count). The van der Waals surface area contributed by atoms with Crippen molar-refractivity contribution >= 4 is 23.2 Å². The zero-order valence-corrected chi connectivity index (χ0v) is 5.67. The molecule has 1 unspecified atom stereocenters. The fourth-order valence-electron chi connectivity index (χ4n) is 0.204. The number of ether oxygens (including phenoxy) is 1. The average Bonchev–Trinajstić information content (AvgIpc) is 1.68. The van der Waals surface area contributed by atoms with E-state index >= 15 is 0 Å². The van der Waals surface area contributed by atoms with Crippen molar-refractivity contribution in [2.24, 2.45) is 0 Å². The second kappa shape index (κ2) is 4.69. The van der Waals surface area contributed by atoms with Gasteiger partial charge in [0.1, 0.15) is 5.56 Å². The Morgan fingerprint density at radius 1 is 1.71 bits per heavy atom. The molecular weight excluding hydrogens is 135 g/mol. The van der Waals surface area contributed by atoms with E-state index in [1.807, 2.05) is 0 Å². The van der Waals surface area contributed by atoms with Crippen molar-refractivity contribution in [2.45, 2.75) is 12.0 Å². The maximum Gasteiger partial charge on any atom is 0.131 e. The van der Waals surface area contributed by atoms with E-state index in [-0.39, 0.29) is 5.56 Å². The van der Waals surface area contributed by atoms with Crippen LogP contribution in [0.15, 0.2) is 0 Å². The van der Waals surface area contributed by atoms with Crippen LogP contribution in [0.2, 0.25) is 0 Å². The molecule has 0 aromatic rings.